The molecule has 1 N–H and O–H groups in total. The van der Waals surface area contributed by atoms with E-state index in [1.807, 2.05) is 0 Å². The van der Waals surface area contributed by atoms with Gasteiger partial charge in [-0.25, -0.2) is 4.79 Å². The third-order valence-electron chi connectivity index (χ3n) is 3.38. The van der Waals surface area contributed by atoms with Crippen LogP contribution in [0.3, 0.4) is 0 Å². The molecule has 148 valence electrons. The highest BCUT2D eigenvalue weighted by atomic mass is 19.4. The van der Waals surface area contributed by atoms with Gasteiger partial charge in [-0.1, -0.05) is 0 Å². The topological polar surface area (TPSA) is 59.0 Å². The maximum Gasteiger partial charge on any atom is 0.416 e. The summed E-state index contributed by atoms with van der Waals surface area (Å²) < 4.78 is 49.3. The fraction of sp³-hybridized carbons (Fsp3) is 0.611. The molecule has 0 aliphatic carbocycles. The largest absolute Gasteiger partial charge is 0.491 e. The first kappa shape index (κ1) is 22.1. The van der Waals surface area contributed by atoms with Gasteiger partial charge in [0, 0.05) is 13.6 Å². The summed E-state index contributed by atoms with van der Waals surface area (Å²) in [7, 11) is 1.57. The Bertz CT molecular complexity index is 597. The molecule has 5 nitrogen and oxygen atoms in total. The summed E-state index contributed by atoms with van der Waals surface area (Å²) in [6.45, 7) is 5.35. The molecule has 0 fully saturated rings. The highest BCUT2D eigenvalue weighted by Gasteiger charge is 2.31. The molecular formula is C18H26F3NO4. The SMILES string of the molecule is CN(CCCc1cc(C(F)(F)F)ccc1OCCO)C(=O)OC(C)(C)C. The second kappa shape index (κ2) is 9.12. The number of alkyl halides is 3. The van der Waals surface area contributed by atoms with Crippen LogP contribution in [0.15, 0.2) is 18.2 Å². The maximum atomic E-state index is 12.9. The number of amides is 1. The fourth-order valence-electron chi connectivity index (χ4n) is 2.19. The van der Waals surface area contributed by atoms with Crippen molar-refractivity contribution in [1.29, 1.82) is 0 Å². The number of ether oxygens (including phenoxy) is 2. The minimum absolute atomic E-state index is 0.00379. The highest BCUT2D eigenvalue weighted by molar-refractivity contribution is 5.67. The van der Waals surface area contributed by atoms with E-state index in [2.05, 4.69) is 0 Å². The second-order valence-electron chi connectivity index (χ2n) is 6.90. The molecule has 0 saturated heterocycles. The Labute approximate surface area is 151 Å². The molecule has 0 bridgehead atoms. The molecule has 0 aliphatic heterocycles. The van der Waals surface area contributed by atoms with Crippen molar-refractivity contribution >= 4 is 6.09 Å². The lowest BCUT2D eigenvalue weighted by molar-refractivity contribution is -0.137. The first-order valence-corrected chi connectivity index (χ1v) is 8.32. The van der Waals surface area contributed by atoms with E-state index in [9.17, 15) is 18.0 Å². The van der Waals surface area contributed by atoms with E-state index < -0.39 is 23.4 Å². The third kappa shape index (κ3) is 7.51. The molecule has 1 rings (SSSR count). The number of benzene rings is 1. The van der Waals surface area contributed by atoms with Gasteiger partial charge in [-0.3, -0.25) is 0 Å². The van der Waals surface area contributed by atoms with Crippen molar-refractivity contribution in [2.75, 3.05) is 26.8 Å². The number of aliphatic hydroxyl groups excluding tert-OH is 1. The first-order valence-electron chi connectivity index (χ1n) is 8.32. The van der Waals surface area contributed by atoms with Gasteiger partial charge in [0.15, 0.2) is 0 Å². The predicted molar refractivity (Wildman–Crippen MR) is 91.2 cm³/mol. The van der Waals surface area contributed by atoms with Crippen LogP contribution in [0.1, 0.15) is 38.3 Å². The van der Waals surface area contributed by atoms with Gasteiger partial charge in [0.2, 0.25) is 0 Å². The van der Waals surface area contributed by atoms with Gasteiger partial charge in [0.1, 0.15) is 18.0 Å². The minimum atomic E-state index is -4.45. The molecule has 0 radical (unpaired) electrons. The zero-order chi connectivity index (χ0) is 20.0. The molecule has 1 aromatic rings. The number of hydrogen-bond acceptors (Lipinski definition) is 4. The second-order valence-corrected chi connectivity index (χ2v) is 6.90. The standard InChI is InChI=1S/C18H26F3NO4/c1-17(2,3)26-16(24)22(4)9-5-6-13-12-14(18(19,20)21)7-8-15(13)25-11-10-23/h7-8,12,23H,5-6,9-11H2,1-4H3. The van der Waals surface area contributed by atoms with Crippen LogP contribution in [0.25, 0.3) is 0 Å². The van der Waals surface area contributed by atoms with Gasteiger partial charge in [-0.15, -0.1) is 0 Å². The van der Waals surface area contributed by atoms with E-state index in [0.29, 0.717) is 24.3 Å². The van der Waals surface area contributed by atoms with Gasteiger partial charge in [0.05, 0.1) is 12.2 Å². The lowest BCUT2D eigenvalue weighted by Crippen LogP contribution is -2.34. The number of nitrogens with zero attached hydrogens (tertiary/aromatic N) is 1. The summed E-state index contributed by atoms with van der Waals surface area (Å²) in [5.41, 5.74) is -0.993. The molecule has 1 aromatic carbocycles. The Morgan fingerprint density at radius 1 is 1.23 bits per heavy atom. The van der Waals surface area contributed by atoms with E-state index in [1.165, 1.54) is 11.0 Å². The van der Waals surface area contributed by atoms with Crippen LogP contribution < -0.4 is 4.74 Å². The monoisotopic (exact) mass is 377 g/mol. The molecule has 0 aliphatic rings. The Balaban J connectivity index is 2.75. The van der Waals surface area contributed by atoms with Crippen molar-refractivity contribution < 1.29 is 32.5 Å². The Morgan fingerprint density at radius 2 is 1.88 bits per heavy atom. The van der Waals surface area contributed by atoms with Crippen LogP contribution >= 0.6 is 0 Å². The molecule has 0 unspecified atom stereocenters. The van der Waals surface area contributed by atoms with E-state index in [1.54, 1.807) is 27.8 Å². The molecule has 0 aromatic heterocycles. The van der Waals surface area contributed by atoms with Gasteiger partial charge in [-0.2, -0.15) is 13.2 Å². The van der Waals surface area contributed by atoms with Gasteiger partial charge in [-0.05, 0) is 57.4 Å². The Kier molecular flexibility index (Phi) is 7.74. The van der Waals surface area contributed by atoms with Crippen LogP contribution in [-0.2, 0) is 17.3 Å². The number of hydrogen-bond donors (Lipinski definition) is 1. The third-order valence-corrected chi connectivity index (χ3v) is 3.38. The number of aliphatic hydroxyl groups is 1. The van der Waals surface area contributed by atoms with Crippen LogP contribution in [-0.4, -0.2) is 48.5 Å². The average Bonchev–Trinajstić information content (AvgIpc) is 2.50. The molecule has 26 heavy (non-hydrogen) atoms. The Morgan fingerprint density at radius 3 is 2.42 bits per heavy atom. The van der Waals surface area contributed by atoms with Gasteiger partial charge < -0.3 is 19.5 Å². The van der Waals surface area contributed by atoms with Crippen LogP contribution in [0, 0.1) is 0 Å². The number of carbonyl (C=O) groups excluding carboxylic acids is 1. The summed E-state index contributed by atoms with van der Waals surface area (Å²) in [5, 5.41) is 8.84. The molecule has 0 saturated carbocycles. The minimum Gasteiger partial charge on any atom is -0.491 e. The molecule has 8 heteroatoms. The van der Waals surface area contributed by atoms with E-state index in [0.717, 1.165) is 12.1 Å². The number of rotatable bonds is 7. The van der Waals surface area contributed by atoms with Crippen LogP contribution in [0.5, 0.6) is 5.75 Å². The van der Waals surface area contributed by atoms with Crippen molar-refractivity contribution in [1.82, 2.24) is 4.90 Å². The van der Waals surface area contributed by atoms with Crippen LogP contribution in [0.2, 0.25) is 0 Å². The summed E-state index contributed by atoms with van der Waals surface area (Å²) in [6.07, 6.45) is -4.21. The average molecular weight is 377 g/mol. The van der Waals surface area contributed by atoms with Crippen molar-refractivity contribution in [3.8, 4) is 5.75 Å². The molecule has 0 atom stereocenters. The summed E-state index contributed by atoms with van der Waals surface area (Å²) >= 11 is 0. The quantitative estimate of drug-likeness (QED) is 0.784. The summed E-state index contributed by atoms with van der Waals surface area (Å²) in [5.74, 6) is 0.298. The summed E-state index contributed by atoms with van der Waals surface area (Å²) in [6, 6.07) is 3.24. The van der Waals surface area contributed by atoms with Crippen molar-refractivity contribution in [2.45, 2.75) is 45.4 Å². The summed E-state index contributed by atoms with van der Waals surface area (Å²) in [4.78, 5) is 13.3. The van der Waals surface area contributed by atoms with Gasteiger partial charge in [0.25, 0.3) is 0 Å². The number of carbonyl (C=O) groups is 1. The van der Waals surface area contributed by atoms with E-state index >= 15 is 0 Å². The van der Waals surface area contributed by atoms with Crippen molar-refractivity contribution in [3.05, 3.63) is 29.3 Å². The van der Waals surface area contributed by atoms with Crippen LogP contribution in [0.4, 0.5) is 18.0 Å². The maximum absolute atomic E-state index is 12.9. The highest BCUT2D eigenvalue weighted by Crippen LogP contribution is 2.33. The predicted octanol–water partition coefficient (Wildman–Crippen LogP) is 3.88. The zero-order valence-electron chi connectivity index (χ0n) is 15.5. The number of halogens is 3. The lowest BCUT2D eigenvalue weighted by Gasteiger charge is -2.24. The molecule has 1 amide bonds. The number of aryl methyl sites for hydroxylation is 1. The lowest BCUT2D eigenvalue weighted by atomic mass is 10.0. The van der Waals surface area contributed by atoms with E-state index in [-0.39, 0.29) is 19.6 Å². The smallest absolute Gasteiger partial charge is 0.416 e. The van der Waals surface area contributed by atoms with E-state index in [4.69, 9.17) is 14.6 Å². The first-order chi connectivity index (χ1) is 11.9. The fourth-order valence-corrected chi connectivity index (χ4v) is 2.19. The zero-order valence-corrected chi connectivity index (χ0v) is 15.5. The molecular weight excluding hydrogens is 351 g/mol. The van der Waals surface area contributed by atoms with Crippen molar-refractivity contribution in [2.24, 2.45) is 0 Å². The van der Waals surface area contributed by atoms with Gasteiger partial charge >= 0.3 is 12.3 Å². The normalized spacial score (nSPS) is 12.0. The Hall–Kier alpha value is -1.96. The molecule has 0 heterocycles. The molecule has 0 spiro atoms. The van der Waals surface area contributed by atoms with Crippen molar-refractivity contribution in [3.63, 3.8) is 0 Å².